The third kappa shape index (κ3) is 2.56. The molecule has 1 N–H and O–H groups in total. The van der Waals surface area contributed by atoms with Crippen molar-refractivity contribution in [3.05, 3.63) is 71.3 Å². The minimum absolute atomic E-state index is 0.116. The average Bonchev–Trinajstić information content (AvgIpc) is 2.75. The molecule has 0 bridgehead atoms. The highest BCUT2D eigenvalue weighted by atomic mass is 19.2. The first-order valence-electron chi connectivity index (χ1n) is 7.05. The van der Waals surface area contributed by atoms with Crippen molar-refractivity contribution in [2.75, 3.05) is 0 Å². The van der Waals surface area contributed by atoms with Crippen molar-refractivity contribution in [1.29, 1.82) is 0 Å². The van der Waals surface area contributed by atoms with Crippen LogP contribution >= 0.6 is 0 Å². The summed E-state index contributed by atoms with van der Waals surface area (Å²) in [5, 5.41) is 2.56. The molecule has 118 valence electrons. The fourth-order valence-corrected chi connectivity index (χ4v) is 2.61. The van der Waals surface area contributed by atoms with Crippen molar-refractivity contribution in [3.8, 4) is 0 Å². The van der Waals surface area contributed by atoms with Crippen molar-refractivity contribution < 1.29 is 18.4 Å². The van der Waals surface area contributed by atoms with Crippen molar-refractivity contribution in [2.45, 2.75) is 19.0 Å². The van der Waals surface area contributed by atoms with Crippen LogP contribution in [0.4, 0.5) is 13.6 Å². The molecule has 1 aliphatic heterocycles. The van der Waals surface area contributed by atoms with Gasteiger partial charge in [0.05, 0.1) is 6.54 Å². The Bertz CT molecular complexity index is 779. The van der Waals surface area contributed by atoms with Crippen molar-refractivity contribution in [2.24, 2.45) is 0 Å². The molecular weight excluding hydrogens is 302 g/mol. The zero-order valence-electron chi connectivity index (χ0n) is 12.3. The molecule has 1 fully saturated rings. The van der Waals surface area contributed by atoms with Gasteiger partial charge in [0.2, 0.25) is 0 Å². The molecule has 4 nitrogen and oxygen atoms in total. The molecule has 0 radical (unpaired) electrons. The van der Waals surface area contributed by atoms with Crippen LogP contribution in [0.25, 0.3) is 0 Å². The monoisotopic (exact) mass is 316 g/mol. The van der Waals surface area contributed by atoms with Crippen LogP contribution in [0.3, 0.4) is 0 Å². The lowest BCUT2D eigenvalue weighted by Gasteiger charge is -2.22. The maximum absolute atomic E-state index is 13.5. The topological polar surface area (TPSA) is 49.4 Å². The third-order valence-corrected chi connectivity index (χ3v) is 3.96. The molecule has 1 heterocycles. The SMILES string of the molecule is CC1(c2ccc(F)c(F)c2)NC(=O)N(Cc2ccccc2)C1=O. The van der Waals surface area contributed by atoms with Gasteiger partial charge in [0, 0.05) is 0 Å². The quantitative estimate of drug-likeness (QED) is 0.885. The molecule has 6 heteroatoms. The number of halogens is 2. The Kier molecular flexibility index (Phi) is 3.60. The van der Waals surface area contributed by atoms with E-state index in [1.165, 1.54) is 13.0 Å². The molecule has 2 aromatic rings. The highest BCUT2D eigenvalue weighted by molar-refractivity contribution is 6.07. The minimum Gasteiger partial charge on any atom is -0.319 e. The lowest BCUT2D eigenvalue weighted by atomic mass is 9.92. The maximum atomic E-state index is 13.5. The molecule has 0 aromatic heterocycles. The Morgan fingerprint density at radius 2 is 1.74 bits per heavy atom. The van der Waals surface area contributed by atoms with Crippen LogP contribution in [0.2, 0.25) is 0 Å². The number of carbonyl (C=O) groups excluding carboxylic acids is 2. The Morgan fingerprint density at radius 3 is 2.39 bits per heavy atom. The fraction of sp³-hybridized carbons (Fsp3) is 0.176. The summed E-state index contributed by atoms with van der Waals surface area (Å²) in [6.07, 6.45) is 0. The maximum Gasteiger partial charge on any atom is 0.325 e. The summed E-state index contributed by atoms with van der Waals surface area (Å²) < 4.78 is 26.5. The summed E-state index contributed by atoms with van der Waals surface area (Å²) in [6.45, 7) is 1.59. The first kappa shape index (κ1) is 15.1. The van der Waals surface area contributed by atoms with Gasteiger partial charge >= 0.3 is 6.03 Å². The lowest BCUT2D eigenvalue weighted by molar-refractivity contribution is -0.131. The van der Waals surface area contributed by atoms with Gasteiger partial charge in [-0.05, 0) is 30.2 Å². The van der Waals surface area contributed by atoms with E-state index in [4.69, 9.17) is 0 Å². The van der Waals surface area contributed by atoms with Gasteiger partial charge in [0.25, 0.3) is 5.91 Å². The number of urea groups is 1. The number of hydrogen-bond donors (Lipinski definition) is 1. The molecule has 0 saturated carbocycles. The van der Waals surface area contributed by atoms with Crippen LogP contribution < -0.4 is 5.32 Å². The van der Waals surface area contributed by atoms with Gasteiger partial charge in [0.1, 0.15) is 5.54 Å². The van der Waals surface area contributed by atoms with Crippen molar-refractivity contribution >= 4 is 11.9 Å². The zero-order valence-corrected chi connectivity index (χ0v) is 12.3. The van der Waals surface area contributed by atoms with Gasteiger partial charge in [-0.25, -0.2) is 13.6 Å². The van der Waals surface area contributed by atoms with Gasteiger partial charge in [-0.1, -0.05) is 36.4 Å². The van der Waals surface area contributed by atoms with E-state index in [1.54, 1.807) is 12.1 Å². The van der Waals surface area contributed by atoms with E-state index in [9.17, 15) is 18.4 Å². The van der Waals surface area contributed by atoms with Crippen molar-refractivity contribution in [1.82, 2.24) is 10.2 Å². The van der Waals surface area contributed by atoms with Gasteiger partial charge in [-0.2, -0.15) is 0 Å². The summed E-state index contributed by atoms with van der Waals surface area (Å²) in [7, 11) is 0. The van der Waals surface area contributed by atoms with E-state index in [1.807, 2.05) is 18.2 Å². The normalized spacial score (nSPS) is 20.7. The van der Waals surface area contributed by atoms with E-state index in [-0.39, 0.29) is 12.1 Å². The second-order valence-corrected chi connectivity index (χ2v) is 5.56. The second kappa shape index (κ2) is 5.46. The number of benzene rings is 2. The van der Waals surface area contributed by atoms with Gasteiger partial charge in [0.15, 0.2) is 11.6 Å². The third-order valence-electron chi connectivity index (χ3n) is 3.96. The molecule has 23 heavy (non-hydrogen) atoms. The molecule has 3 rings (SSSR count). The fourth-order valence-electron chi connectivity index (χ4n) is 2.61. The molecule has 1 unspecified atom stereocenters. The summed E-state index contributed by atoms with van der Waals surface area (Å²) in [4.78, 5) is 25.9. The molecule has 3 amide bonds. The van der Waals surface area contributed by atoms with E-state index in [0.29, 0.717) is 0 Å². The first-order valence-corrected chi connectivity index (χ1v) is 7.05. The van der Waals surface area contributed by atoms with Gasteiger partial charge < -0.3 is 5.32 Å². The molecule has 1 saturated heterocycles. The minimum atomic E-state index is -1.42. The van der Waals surface area contributed by atoms with Crippen LogP contribution in [0.1, 0.15) is 18.1 Å². The number of imide groups is 1. The second-order valence-electron chi connectivity index (χ2n) is 5.56. The molecule has 0 spiro atoms. The van der Waals surface area contributed by atoms with Crippen LogP contribution in [-0.2, 0) is 16.9 Å². The number of amides is 3. The van der Waals surface area contributed by atoms with E-state index in [0.717, 1.165) is 22.6 Å². The molecular formula is C17H14F2N2O2. The smallest absolute Gasteiger partial charge is 0.319 e. The number of rotatable bonds is 3. The molecule has 1 atom stereocenters. The Balaban J connectivity index is 1.92. The summed E-state index contributed by atoms with van der Waals surface area (Å²) >= 11 is 0. The largest absolute Gasteiger partial charge is 0.325 e. The predicted octanol–water partition coefficient (Wildman–Crippen LogP) is 2.93. The summed E-state index contributed by atoms with van der Waals surface area (Å²) in [5.74, 6) is -2.57. The van der Waals surface area contributed by atoms with Crippen LogP contribution in [0.5, 0.6) is 0 Å². The number of nitrogens with zero attached hydrogens (tertiary/aromatic N) is 1. The lowest BCUT2D eigenvalue weighted by Crippen LogP contribution is -2.41. The highest BCUT2D eigenvalue weighted by Gasteiger charge is 2.49. The first-order chi connectivity index (χ1) is 10.9. The highest BCUT2D eigenvalue weighted by Crippen LogP contribution is 2.30. The zero-order chi connectivity index (χ0) is 16.6. The Morgan fingerprint density at radius 1 is 1.04 bits per heavy atom. The van der Waals surface area contributed by atoms with Crippen LogP contribution in [0, 0.1) is 11.6 Å². The van der Waals surface area contributed by atoms with E-state index in [2.05, 4.69) is 5.32 Å². The van der Waals surface area contributed by atoms with Gasteiger partial charge in [-0.15, -0.1) is 0 Å². The summed E-state index contributed by atoms with van der Waals surface area (Å²) in [5.41, 5.74) is -0.420. The number of hydrogen-bond acceptors (Lipinski definition) is 2. The molecule has 0 aliphatic carbocycles. The van der Waals surface area contributed by atoms with Crippen LogP contribution in [0.15, 0.2) is 48.5 Å². The molecule has 2 aromatic carbocycles. The average molecular weight is 316 g/mol. The Labute approximate surface area is 131 Å². The van der Waals surface area contributed by atoms with Crippen molar-refractivity contribution in [3.63, 3.8) is 0 Å². The Hall–Kier alpha value is -2.76. The molecule has 1 aliphatic rings. The predicted molar refractivity (Wildman–Crippen MR) is 79.2 cm³/mol. The van der Waals surface area contributed by atoms with Crippen LogP contribution in [-0.4, -0.2) is 16.8 Å². The number of nitrogens with one attached hydrogen (secondary N) is 1. The number of carbonyl (C=O) groups is 2. The van der Waals surface area contributed by atoms with E-state index < -0.39 is 29.1 Å². The van der Waals surface area contributed by atoms with E-state index >= 15 is 0 Å². The summed E-state index contributed by atoms with van der Waals surface area (Å²) in [6, 6.07) is 11.6. The standard InChI is InChI=1S/C17H14F2N2O2/c1-17(12-7-8-13(18)14(19)9-12)15(22)21(16(23)20-17)10-11-5-3-2-4-6-11/h2-9H,10H2,1H3,(H,20,23). The van der Waals surface area contributed by atoms with Gasteiger partial charge in [-0.3, -0.25) is 9.69 Å².